The molecule has 4 rings (SSSR count). The number of ether oxygens (including phenoxy) is 3. The van der Waals surface area contributed by atoms with E-state index in [-0.39, 0.29) is 18.0 Å². The van der Waals surface area contributed by atoms with Crippen molar-refractivity contribution in [1.29, 1.82) is 0 Å². The smallest absolute Gasteiger partial charge is 0.410 e. The summed E-state index contributed by atoms with van der Waals surface area (Å²) in [5.41, 5.74) is 2.16. The molecule has 2 fully saturated rings. The molecule has 1 atom stereocenters. The SMILES string of the molecule is CC/C(C)=C\C(=C1\N=C(N2CCN(C(=O)OC(C)(C)C)CC2)C(F)=CN1C)c1cccnc1OC1CCOC1. The van der Waals surface area contributed by atoms with Gasteiger partial charge in [0.15, 0.2) is 11.7 Å². The summed E-state index contributed by atoms with van der Waals surface area (Å²) < 4.78 is 32.6. The summed E-state index contributed by atoms with van der Waals surface area (Å²) in [7, 11) is 1.78. The molecule has 3 aliphatic heterocycles. The molecule has 9 nitrogen and oxygen atoms in total. The van der Waals surface area contributed by atoms with Gasteiger partial charge >= 0.3 is 6.09 Å². The zero-order valence-corrected chi connectivity index (χ0v) is 23.9. The van der Waals surface area contributed by atoms with Gasteiger partial charge in [0.05, 0.1) is 13.2 Å². The first-order valence-corrected chi connectivity index (χ1v) is 13.6. The average molecular weight is 542 g/mol. The molecule has 0 bridgehead atoms. The van der Waals surface area contributed by atoms with E-state index in [1.165, 1.54) is 6.20 Å². The fraction of sp³-hybridized carbons (Fsp3) is 0.552. The Morgan fingerprint density at radius 2 is 2.00 bits per heavy atom. The Balaban J connectivity index is 1.67. The number of nitrogens with zero attached hydrogens (tertiary/aromatic N) is 5. The zero-order valence-electron chi connectivity index (χ0n) is 23.9. The third-order valence-corrected chi connectivity index (χ3v) is 6.71. The van der Waals surface area contributed by atoms with Crippen LogP contribution in [0.5, 0.6) is 5.88 Å². The number of halogens is 1. The lowest BCUT2D eigenvalue weighted by Gasteiger charge is -2.38. The maximum atomic E-state index is 15.3. The number of amides is 1. The van der Waals surface area contributed by atoms with Crippen molar-refractivity contribution in [1.82, 2.24) is 19.7 Å². The first-order chi connectivity index (χ1) is 18.6. The van der Waals surface area contributed by atoms with Gasteiger partial charge in [0.25, 0.3) is 0 Å². The Bertz CT molecular complexity index is 1170. The van der Waals surface area contributed by atoms with E-state index < -0.39 is 11.4 Å². The van der Waals surface area contributed by atoms with Crippen LogP contribution >= 0.6 is 0 Å². The Morgan fingerprint density at radius 3 is 2.64 bits per heavy atom. The number of hydrogen-bond acceptors (Lipinski definition) is 8. The van der Waals surface area contributed by atoms with Gasteiger partial charge in [0.1, 0.15) is 17.5 Å². The summed E-state index contributed by atoms with van der Waals surface area (Å²) in [6.07, 6.45) is 6.45. The van der Waals surface area contributed by atoms with Gasteiger partial charge < -0.3 is 28.9 Å². The van der Waals surface area contributed by atoms with Crippen LogP contribution < -0.4 is 4.74 Å². The third-order valence-electron chi connectivity index (χ3n) is 6.71. The van der Waals surface area contributed by atoms with Crippen LogP contribution in [0.1, 0.15) is 53.0 Å². The molecule has 0 radical (unpaired) electrons. The lowest BCUT2D eigenvalue weighted by Crippen LogP contribution is -2.52. The zero-order chi connectivity index (χ0) is 28.2. The highest BCUT2D eigenvalue weighted by atomic mass is 19.1. The van der Waals surface area contributed by atoms with Gasteiger partial charge in [-0.25, -0.2) is 19.2 Å². The van der Waals surface area contributed by atoms with Crippen LogP contribution in [-0.2, 0) is 9.47 Å². The van der Waals surface area contributed by atoms with Crippen LogP contribution in [-0.4, -0.2) is 89.8 Å². The van der Waals surface area contributed by atoms with Crippen molar-refractivity contribution < 1.29 is 23.4 Å². The molecule has 2 saturated heterocycles. The fourth-order valence-corrected chi connectivity index (χ4v) is 4.49. The van der Waals surface area contributed by atoms with E-state index in [2.05, 4.69) is 24.9 Å². The van der Waals surface area contributed by atoms with Gasteiger partial charge in [-0.15, -0.1) is 0 Å². The van der Waals surface area contributed by atoms with E-state index in [1.54, 1.807) is 23.0 Å². The highest BCUT2D eigenvalue weighted by Gasteiger charge is 2.31. The molecular weight excluding hydrogens is 501 g/mol. The van der Waals surface area contributed by atoms with Crippen LogP contribution in [0.4, 0.5) is 9.18 Å². The number of pyridine rings is 1. The molecule has 0 aromatic carbocycles. The van der Waals surface area contributed by atoms with Crippen LogP contribution in [0.2, 0.25) is 0 Å². The van der Waals surface area contributed by atoms with Gasteiger partial charge in [0.2, 0.25) is 5.88 Å². The van der Waals surface area contributed by atoms with Crippen LogP contribution in [0.25, 0.3) is 5.57 Å². The monoisotopic (exact) mass is 541 g/mol. The van der Waals surface area contributed by atoms with Gasteiger partial charge in [0, 0.05) is 63.2 Å². The van der Waals surface area contributed by atoms with Crippen molar-refractivity contribution in [2.75, 3.05) is 46.4 Å². The number of hydrogen-bond donors (Lipinski definition) is 0. The number of aliphatic imine (C=N–C) groups is 1. The van der Waals surface area contributed by atoms with Gasteiger partial charge in [-0.1, -0.05) is 18.6 Å². The Labute approximate surface area is 230 Å². The van der Waals surface area contributed by atoms with Crippen molar-refractivity contribution in [2.45, 2.75) is 59.2 Å². The number of amidine groups is 1. The number of piperazine rings is 1. The van der Waals surface area contributed by atoms with E-state index in [0.29, 0.717) is 51.1 Å². The Hall–Kier alpha value is -3.40. The number of carbonyl (C=O) groups is 1. The average Bonchev–Trinajstić information content (AvgIpc) is 3.40. The highest BCUT2D eigenvalue weighted by molar-refractivity contribution is 5.99. The van der Waals surface area contributed by atoms with Gasteiger partial charge in [-0.05, 0) is 46.2 Å². The van der Waals surface area contributed by atoms with Crippen LogP contribution in [0.15, 0.2) is 52.8 Å². The quantitative estimate of drug-likeness (QED) is 0.520. The van der Waals surface area contributed by atoms with E-state index in [0.717, 1.165) is 29.6 Å². The molecule has 3 aliphatic rings. The van der Waals surface area contributed by atoms with Crippen LogP contribution in [0.3, 0.4) is 0 Å². The number of allylic oxidation sites excluding steroid dienone is 3. The maximum Gasteiger partial charge on any atom is 0.410 e. The van der Waals surface area contributed by atoms with E-state index >= 15 is 4.39 Å². The summed E-state index contributed by atoms with van der Waals surface area (Å²) in [6, 6.07) is 3.82. The molecule has 1 aromatic rings. The maximum absolute atomic E-state index is 15.3. The number of aromatic nitrogens is 1. The van der Waals surface area contributed by atoms with Gasteiger partial charge in [-0.2, -0.15) is 0 Å². The topological polar surface area (TPSA) is 79.7 Å². The predicted octanol–water partition coefficient (Wildman–Crippen LogP) is 4.98. The van der Waals surface area contributed by atoms with Crippen molar-refractivity contribution in [2.24, 2.45) is 4.99 Å². The predicted molar refractivity (Wildman–Crippen MR) is 149 cm³/mol. The van der Waals surface area contributed by atoms with Crippen molar-refractivity contribution in [3.05, 3.63) is 53.4 Å². The normalized spacial score (nSPS) is 22.0. The molecule has 10 heteroatoms. The summed E-state index contributed by atoms with van der Waals surface area (Å²) in [4.78, 5) is 27.1. The first kappa shape index (κ1) is 28.6. The van der Waals surface area contributed by atoms with Crippen LogP contribution in [0, 0.1) is 0 Å². The Kier molecular flexibility index (Phi) is 8.94. The molecule has 0 N–H and O–H groups in total. The molecule has 39 heavy (non-hydrogen) atoms. The van der Waals surface area contributed by atoms with E-state index in [9.17, 15) is 4.79 Å². The molecule has 4 heterocycles. The lowest BCUT2D eigenvalue weighted by molar-refractivity contribution is 0.0186. The van der Waals surface area contributed by atoms with Crippen molar-refractivity contribution in [3.63, 3.8) is 0 Å². The molecule has 0 saturated carbocycles. The number of carbonyl (C=O) groups excluding carboxylic acids is 1. The minimum atomic E-state index is -0.568. The molecule has 0 aliphatic carbocycles. The second kappa shape index (κ2) is 12.2. The molecule has 212 valence electrons. The second-order valence-electron chi connectivity index (χ2n) is 11.0. The fourth-order valence-electron chi connectivity index (χ4n) is 4.49. The van der Waals surface area contributed by atoms with E-state index in [4.69, 9.17) is 19.2 Å². The molecular formula is C29H40FN5O4. The second-order valence-corrected chi connectivity index (χ2v) is 11.0. The first-order valence-electron chi connectivity index (χ1n) is 13.6. The molecule has 0 spiro atoms. The van der Waals surface area contributed by atoms with Crippen molar-refractivity contribution >= 4 is 17.5 Å². The largest absolute Gasteiger partial charge is 0.471 e. The summed E-state index contributed by atoms with van der Waals surface area (Å²) in [5.74, 6) is 0.923. The van der Waals surface area contributed by atoms with E-state index in [1.807, 2.05) is 37.8 Å². The third kappa shape index (κ3) is 7.17. The minimum absolute atomic E-state index is 0.0668. The molecule has 1 aromatic heterocycles. The summed E-state index contributed by atoms with van der Waals surface area (Å²) >= 11 is 0. The van der Waals surface area contributed by atoms with Gasteiger partial charge in [-0.3, -0.25) is 0 Å². The standard InChI is InChI=1S/C29H40FN5O4/c1-7-20(2)17-23(22-9-8-11-31-27(22)38-21-10-16-37-19-21)25-32-26(24(30)18-33(25)6)34-12-14-35(15-13-34)28(36)39-29(3,4)5/h8-9,11,17-18,21H,7,10,12-16,19H2,1-6H3/b20-17-,25-23+. The minimum Gasteiger partial charge on any atom is -0.471 e. The summed E-state index contributed by atoms with van der Waals surface area (Å²) in [5, 5.41) is 0. The number of rotatable bonds is 5. The molecule has 1 unspecified atom stereocenters. The van der Waals surface area contributed by atoms with Crippen molar-refractivity contribution in [3.8, 4) is 5.88 Å². The lowest BCUT2D eigenvalue weighted by atomic mass is 10.0. The Morgan fingerprint density at radius 1 is 1.26 bits per heavy atom. The molecule has 1 amide bonds. The highest BCUT2D eigenvalue weighted by Crippen LogP contribution is 2.34. The summed E-state index contributed by atoms with van der Waals surface area (Å²) in [6.45, 7) is 12.6.